The minimum Gasteiger partial charge on any atom is -0.433 e. The number of aliphatic hydroxyl groups excluding tert-OH is 3. The Morgan fingerprint density at radius 2 is 2.18 bits per heavy atom. The third-order valence-electron chi connectivity index (χ3n) is 3.28. The summed E-state index contributed by atoms with van der Waals surface area (Å²) in [7, 11) is 1.29. The van der Waals surface area contributed by atoms with Gasteiger partial charge in [0.05, 0.1) is 19.3 Å². The second kappa shape index (κ2) is 7.65. The lowest BCUT2D eigenvalue weighted by Crippen LogP contribution is -2.67. The fourth-order valence-corrected chi connectivity index (χ4v) is 2.07. The predicted molar refractivity (Wildman–Crippen MR) is 72.2 cm³/mol. The van der Waals surface area contributed by atoms with E-state index in [4.69, 9.17) is 19.3 Å². The van der Waals surface area contributed by atoms with Crippen LogP contribution in [0.15, 0.2) is 12.7 Å². The van der Waals surface area contributed by atoms with Gasteiger partial charge in [-0.25, -0.2) is 4.79 Å². The summed E-state index contributed by atoms with van der Waals surface area (Å²) in [5, 5.41) is 31.5. The fraction of sp³-hybridized carbons (Fsp3) is 0.692. The van der Waals surface area contributed by atoms with Crippen LogP contribution in [-0.2, 0) is 23.8 Å². The molecule has 0 aromatic carbocycles. The van der Waals surface area contributed by atoms with Crippen molar-refractivity contribution in [3.05, 3.63) is 12.7 Å². The summed E-state index contributed by atoms with van der Waals surface area (Å²) in [5.74, 6) is -4.70. The van der Waals surface area contributed by atoms with Gasteiger partial charge in [-0.1, -0.05) is 6.58 Å². The molecular weight excluding hydrogens is 298 g/mol. The highest BCUT2D eigenvalue weighted by molar-refractivity contribution is 5.84. The highest BCUT2D eigenvalue weighted by Crippen LogP contribution is 2.32. The number of rotatable bonds is 6. The van der Waals surface area contributed by atoms with Gasteiger partial charge in [-0.15, -0.1) is 0 Å². The van der Waals surface area contributed by atoms with E-state index in [-0.39, 0.29) is 6.61 Å². The second-order valence-electron chi connectivity index (χ2n) is 4.76. The predicted octanol–water partition coefficient (Wildman–Crippen LogP) is -2.12. The number of aliphatic hydroxyl groups is 3. The lowest BCUT2D eigenvalue weighted by Gasteiger charge is -2.44. The van der Waals surface area contributed by atoms with Crippen LogP contribution < -0.4 is 5.32 Å². The van der Waals surface area contributed by atoms with Crippen LogP contribution in [0.25, 0.3) is 0 Å². The smallest absolute Gasteiger partial charge is 0.332 e. The first-order valence-electron chi connectivity index (χ1n) is 6.66. The summed E-state index contributed by atoms with van der Waals surface area (Å²) in [4.78, 5) is 23.2. The molecule has 1 saturated heterocycles. The Hall–Kier alpha value is -1.52. The molecule has 0 saturated carbocycles. The normalized spacial score (nSPS) is 32.9. The van der Waals surface area contributed by atoms with Crippen LogP contribution in [0.3, 0.4) is 0 Å². The SMILES string of the molecule is C=CC(=O)OC(C)OC1(C(=O)NC)OCC(CO)C(O)C1O. The van der Waals surface area contributed by atoms with Crippen molar-refractivity contribution in [1.82, 2.24) is 5.32 Å². The van der Waals surface area contributed by atoms with Crippen LogP contribution in [0.4, 0.5) is 0 Å². The van der Waals surface area contributed by atoms with E-state index in [2.05, 4.69) is 11.9 Å². The Bertz CT molecular complexity index is 428. The molecule has 9 nitrogen and oxygen atoms in total. The molecule has 0 bridgehead atoms. The van der Waals surface area contributed by atoms with Gasteiger partial charge in [-0.05, 0) is 6.92 Å². The van der Waals surface area contributed by atoms with E-state index in [0.717, 1.165) is 6.08 Å². The summed E-state index contributed by atoms with van der Waals surface area (Å²) in [6.45, 7) is 3.86. The van der Waals surface area contributed by atoms with Crippen LogP contribution >= 0.6 is 0 Å². The maximum absolute atomic E-state index is 12.1. The molecule has 1 aliphatic heterocycles. The first-order chi connectivity index (χ1) is 10.3. The van der Waals surface area contributed by atoms with Gasteiger partial charge >= 0.3 is 5.97 Å². The van der Waals surface area contributed by atoms with E-state index < -0.39 is 48.7 Å². The van der Waals surface area contributed by atoms with Gasteiger partial charge in [0, 0.05) is 19.0 Å². The number of hydrogen-bond acceptors (Lipinski definition) is 8. The van der Waals surface area contributed by atoms with Crippen molar-refractivity contribution < 1.29 is 39.1 Å². The number of amides is 1. The van der Waals surface area contributed by atoms with E-state index in [1.807, 2.05) is 0 Å². The molecule has 1 amide bonds. The average Bonchev–Trinajstić information content (AvgIpc) is 2.51. The van der Waals surface area contributed by atoms with Crippen molar-refractivity contribution in [2.45, 2.75) is 31.2 Å². The lowest BCUT2D eigenvalue weighted by atomic mass is 9.90. The van der Waals surface area contributed by atoms with Gasteiger partial charge in [0.2, 0.25) is 6.29 Å². The summed E-state index contributed by atoms with van der Waals surface area (Å²) < 4.78 is 15.3. The third-order valence-corrected chi connectivity index (χ3v) is 3.28. The molecule has 9 heteroatoms. The third kappa shape index (κ3) is 3.62. The van der Waals surface area contributed by atoms with Crippen LogP contribution in [-0.4, -0.2) is 71.7 Å². The first-order valence-corrected chi connectivity index (χ1v) is 6.66. The Labute approximate surface area is 127 Å². The Kier molecular flexibility index (Phi) is 6.45. The summed E-state index contributed by atoms with van der Waals surface area (Å²) in [5.41, 5.74) is 0. The molecule has 4 N–H and O–H groups in total. The Balaban J connectivity index is 2.99. The number of ether oxygens (including phenoxy) is 3. The zero-order valence-electron chi connectivity index (χ0n) is 12.4. The molecular formula is C13H21NO8. The van der Waals surface area contributed by atoms with Crippen molar-refractivity contribution in [3.63, 3.8) is 0 Å². The molecule has 5 atom stereocenters. The molecule has 5 unspecified atom stereocenters. The monoisotopic (exact) mass is 319 g/mol. The quantitative estimate of drug-likeness (QED) is 0.248. The highest BCUT2D eigenvalue weighted by atomic mass is 16.8. The van der Waals surface area contributed by atoms with Gasteiger partial charge in [0.1, 0.15) is 6.10 Å². The van der Waals surface area contributed by atoms with Gasteiger partial charge in [-0.2, -0.15) is 0 Å². The summed E-state index contributed by atoms with van der Waals surface area (Å²) >= 11 is 0. The molecule has 0 aromatic rings. The zero-order chi connectivity index (χ0) is 16.9. The molecule has 1 heterocycles. The van der Waals surface area contributed by atoms with Crippen LogP contribution in [0.5, 0.6) is 0 Å². The van der Waals surface area contributed by atoms with Crippen molar-refractivity contribution in [1.29, 1.82) is 0 Å². The minimum absolute atomic E-state index is 0.232. The van der Waals surface area contributed by atoms with Gasteiger partial charge in [-0.3, -0.25) is 9.53 Å². The summed E-state index contributed by atoms with van der Waals surface area (Å²) in [6.07, 6.45) is -3.60. The van der Waals surface area contributed by atoms with Crippen molar-refractivity contribution in [2.75, 3.05) is 20.3 Å². The average molecular weight is 319 g/mol. The lowest BCUT2D eigenvalue weighted by molar-refractivity contribution is -0.348. The summed E-state index contributed by atoms with van der Waals surface area (Å²) in [6, 6.07) is 0. The molecule has 22 heavy (non-hydrogen) atoms. The van der Waals surface area contributed by atoms with Crippen molar-refractivity contribution >= 4 is 11.9 Å². The van der Waals surface area contributed by atoms with Crippen molar-refractivity contribution in [2.24, 2.45) is 5.92 Å². The molecule has 0 aliphatic carbocycles. The van der Waals surface area contributed by atoms with Crippen LogP contribution in [0, 0.1) is 5.92 Å². The maximum atomic E-state index is 12.1. The Morgan fingerprint density at radius 3 is 2.68 bits per heavy atom. The number of hydrogen-bond donors (Lipinski definition) is 4. The van der Waals surface area contributed by atoms with E-state index in [1.54, 1.807) is 0 Å². The van der Waals surface area contributed by atoms with E-state index >= 15 is 0 Å². The number of carbonyl (C=O) groups is 2. The minimum atomic E-state index is -2.26. The Morgan fingerprint density at radius 1 is 1.55 bits per heavy atom. The topological polar surface area (TPSA) is 135 Å². The standard InChI is InChI=1S/C13H21NO8/c1-4-9(16)21-7(2)22-13(12(19)14-3)11(18)10(17)8(5-15)6-20-13/h4,7-8,10-11,15,17-18H,1,5-6H2,2-3H3,(H,14,19). The van der Waals surface area contributed by atoms with Gasteiger partial charge in [0.25, 0.3) is 11.7 Å². The van der Waals surface area contributed by atoms with E-state index in [1.165, 1.54) is 14.0 Å². The number of carbonyl (C=O) groups excluding carboxylic acids is 2. The molecule has 0 aromatic heterocycles. The van der Waals surface area contributed by atoms with Crippen LogP contribution in [0.1, 0.15) is 6.92 Å². The van der Waals surface area contributed by atoms with Crippen molar-refractivity contribution in [3.8, 4) is 0 Å². The molecule has 0 radical (unpaired) electrons. The largest absolute Gasteiger partial charge is 0.433 e. The van der Waals surface area contributed by atoms with Gasteiger partial charge < -0.3 is 30.1 Å². The van der Waals surface area contributed by atoms with Crippen LogP contribution in [0.2, 0.25) is 0 Å². The maximum Gasteiger partial charge on any atom is 0.332 e. The second-order valence-corrected chi connectivity index (χ2v) is 4.76. The van der Waals surface area contributed by atoms with E-state index in [9.17, 15) is 19.8 Å². The zero-order valence-corrected chi connectivity index (χ0v) is 12.4. The molecule has 1 rings (SSSR count). The molecule has 126 valence electrons. The van der Waals surface area contributed by atoms with Gasteiger partial charge in [0.15, 0.2) is 0 Å². The fourth-order valence-electron chi connectivity index (χ4n) is 2.07. The molecule has 1 aliphatic rings. The number of esters is 1. The number of likely N-dealkylation sites (N-methyl/N-ethyl adjacent to an activating group) is 1. The molecule has 0 spiro atoms. The van der Waals surface area contributed by atoms with E-state index in [0.29, 0.717) is 0 Å². The number of nitrogens with one attached hydrogen (secondary N) is 1. The molecule has 1 fully saturated rings. The first kappa shape index (κ1) is 18.5. The highest BCUT2D eigenvalue weighted by Gasteiger charge is 2.57.